The van der Waals surface area contributed by atoms with Crippen LogP contribution in [0.15, 0.2) is 0 Å². The van der Waals surface area contributed by atoms with Crippen LogP contribution in [0.2, 0.25) is 0 Å². The Morgan fingerprint density at radius 3 is 2.08 bits per heavy atom. The van der Waals surface area contributed by atoms with Crippen LogP contribution < -0.4 is 5.73 Å². The summed E-state index contributed by atoms with van der Waals surface area (Å²) in [6.07, 6.45) is 0.726. The molecule has 0 rings (SSSR count). The molecule has 0 aromatic heterocycles. The van der Waals surface area contributed by atoms with Crippen LogP contribution in [0, 0.1) is 5.41 Å². The summed E-state index contributed by atoms with van der Waals surface area (Å²) in [5, 5.41) is 0. The van der Waals surface area contributed by atoms with E-state index in [2.05, 4.69) is 20.8 Å². The molecule has 0 radical (unpaired) electrons. The molecule has 1 atom stereocenters. The first kappa shape index (κ1) is 11.4. The van der Waals surface area contributed by atoms with Crippen LogP contribution in [0.4, 0.5) is 0 Å². The van der Waals surface area contributed by atoms with Gasteiger partial charge in [0.1, 0.15) is 0 Å². The van der Waals surface area contributed by atoms with Crippen molar-refractivity contribution in [2.75, 3.05) is 14.1 Å². The van der Waals surface area contributed by atoms with Gasteiger partial charge in [0.15, 0.2) is 0 Å². The molecular weight excluding hydrogens is 152 g/mol. The van der Waals surface area contributed by atoms with Crippen LogP contribution in [0.25, 0.3) is 0 Å². The lowest BCUT2D eigenvalue weighted by atomic mass is 9.88. The first-order chi connectivity index (χ1) is 5.24. The van der Waals surface area contributed by atoms with E-state index in [4.69, 9.17) is 5.73 Å². The summed E-state index contributed by atoms with van der Waals surface area (Å²) in [6.45, 7) is 6.24. The summed E-state index contributed by atoms with van der Waals surface area (Å²) in [5.74, 6) is 0.00456. The normalized spacial score (nSPS) is 14.2. The summed E-state index contributed by atoms with van der Waals surface area (Å²) >= 11 is 0. The van der Waals surface area contributed by atoms with Gasteiger partial charge >= 0.3 is 0 Å². The lowest BCUT2D eigenvalue weighted by molar-refractivity contribution is -0.130. The zero-order valence-corrected chi connectivity index (χ0v) is 8.72. The molecule has 2 N–H and O–H groups in total. The highest BCUT2D eigenvalue weighted by molar-refractivity contribution is 5.81. The average molecular weight is 172 g/mol. The van der Waals surface area contributed by atoms with Crippen molar-refractivity contribution in [2.24, 2.45) is 11.1 Å². The van der Waals surface area contributed by atoms with Crippen LogP contribution in [-0.2, 0) is 4.79 Å². The molecule has 1 unspecified atom stereocenters. The smallest absolute Gasteiger partial charge is 0.238 e. The molecule has 0 saturated carbocycles. The number of nitrogens with zero attached hydrogens (tertiary/aromatic N) is 1. The Morgan fingerprint density at radius 1 is 1.42 bits per heavy atom. The minimum Gasteiger partial charge on any atom is -0.347 e. The number of hydrogen-bond acceptors (Lipinski definition) is 2. The molecule has 0 spiro atoms. The van der Waals surface area contributed by atoms with E-state index >= 15 is 0 Å². The second-order valence-electron chi connectivity index (χ2n) is 4.60. The Labute approximate surface area is 74.9 Å². The van der Waals surface area contributed by atoms with Crippen molar-refractivity contribution < 1.29 is 4.79 Å². The maximum absolute atomic E-state index is 11.3. The van der Waals surface area contributed by atoms with Gasteiger partial charge in [0.05, 0.1) is 6.04 Å². The molecule has 1 amide bonds. The minimum atomic E-state index is -0.361. The molecule has 72 valence electrons. The van der Waals surface area contributed by atoms with E-state index < -0.39 is 0 Å². The Bertz CT molecular complexity index is 158. The van der Waals surface area contributed by atoms with Crippen molar-refractivity contribution in [3.05, 3.63) is 0 Å². The van der Waals surface area contributed by atoms with E-state index in [1.54, 1.807) is 14.1 Å². The number of carbonyl (C=O) groups excluding carboxylic acids is 1. The van der Waals surface area contributed by atoms with Crippen molar-refractivity contribution in [2.45, 2.75) is 33.2 Å². The highest BCUT2D eigenvalue weighted by Gasteiger charge is 2.22. The first-order valence-corrected chi connectivity index (χ1v) is 4.21. The summed E-state index contributed by atoms with van der Waals surface area (Å²) in [6, 6.07) is -0.361. The van der Waals surface area contributed by atoms with E-state index in [9.17, 15) is 4.79 Å². The number of likely N-dealkylation sites (N-methyl/N-ethyl adjacent to an activating group) is 1. The van der Waals surface area contributed by atoms with Crippen molar-refractivity contribution in [1.29, 1.82) is 0 Å². The number of carbonyl (C=O) groups is 1. The Balaban J connectivity index is 4.05. The number of amides is 1. The average Bonchev–Trinajstić information content (AvgIpc) is 1.82. The Morgan fingerprint density at radius 2 is 1.83 bits per heavy atom. The Hall–Kier alpha value is -0.570. The molecule has 0 aliphatic rings. The standard InChI is InChI=1S/C9H20N2O/c1-9(2,3)6-7(10)8(12)11(4)5/h7H,6,10H2,1-5H3. The van der Waals surface area contributed by atoms with E-state index in [1.807, 2.05) is 0 Å². The molecule has 0 aliphatic carbocycles. The van der Waals surface area contributed by atoms with Gasteiger partial charge in [0.2, 0.25) is 5.91 Å². The van der Waals surface area contributed by atoms with Gasteiger partial charge in [-0.1, -0.05) is 20.8 Å². The summed E-state index contributed by atoms with van der Waals surface area (Å²) in [4.78, 5) is 12.9. The summed E-state index contributed by atoms with van der Waals surface area (Å²) in [7, 11) is 3.45. The molecule has 0 heterocycles. The molecule has 0 saturated heterocycles. The third kappa shape index (κ3) is 4.34. The predicted molar refractivity (Wildman–Crippen MR) is 50.7 cm³/mol. The zero-order valence-electron chi connectivity index (χ0n) is 8.72. The van der Waals surface area contributed by atoms with E-state index in [1.165, 1.54) is 4.90 Å². The van der Waals surface area contributed by atoms with Gasteiger partial charge in [-0.3, -0.25) is 4.79 Å². The monoisotopic (exact) mass is 172 g/mol. The predicted octanol–water partition coefficient (Wildman–Crippen LogP) is 0.838. The molecule has 0 aromatic rings. The van der Waals surface area contributed by atoms with Crippen LogP contribution >= 0.6 is 0 Å². The zero-order chi connectivity index (χ0) is 9.94. The second-order valence-corrected chi connectivity index (χ2v) is 4.60. The van der Waals surface area contributed by atoms with Crippen LogP contribution in [0.3, 0.4) is 0 Å². The molecule has 3 heteroatoms. The van der Waals surface area contributed by atoms with E-state index in [0.29, 0.717) is 0 Å². The van der Waals surface area contributed by atoms with Gasteiger partial charge in [-0.25, -0.2) is 0 Å². The van der Waals surface area contributed by atoms with Gasteiger partial charge in [-0.05, 0) is 11.8 Å². The maximum Gasteiger partial charge on any atom is 0.238 e. The fourth-order valence-electron chi connectivity index (χ4n) is 1.08. The second kappa shape index (κ2) is 3.90. The van der Waals surface area contributed by atoms with E-state index in [0.717, 1.165) is 6.42 Å². The van der Waals surface area contributed by atoms with E-state index in [-0.39, 0.29) is 17.4 Å². The Kier molecular flexibility index (Phi) is 3.71. The van der Waals surface area contributed by atoms with Crippen LogP contribution in [0.1, 0.15) is 27.2 Å². The fraction of sp³-hybridized carbons (Fsp3) is 0.889. The third-order valence-electron chi connectivity index (χ3n) is 1.59. The highest BCUT2D eigenvalue weighted by Crippen LogP contribution is 2.20. The van der Waals surface area contributed by atoms with Crippen molar-refractivity contribution in [1.82, 2.24) is 4.90 Å². The summed E-state index contributed by atoms with van der Waals surface area (Å²) in [5.41, 5.74) is 5.83. The van der Waals surface area contributed by atoms with Crippen molar-refractivity contribution in [3.63, 3.8) is 0 Å². The van der Waals surface area contributed by atoms with Gasteiger partial charge < -0.3 is 10.6 Å². The lowest BCUT2D eigenvalue weighted by Gasteiger charge is -2.24. The van der Waals surface area contributed by atoms with Crippen LogP contribution in [0.5, 0.6) is 0 Å². The van der Waals surface area contributed by atoms with Crippen molar-refractivity contribution in [3.8, 4) is 0 Å². The highest BCUT2D eigenvalue weighted by atomic mass is 16.2. The molecule has 12 heavy (non-hydrogen) atoms. The minimum absolute atomic E-state index is 0.00456. The van der Waals surface area contributed by atoms with Crippen LogP contribution in [-0.4, -0.2) is 30.9 Å². The number of rotatable bonds is 2. The molecule has 0 aromatic carbocycles. The SMILES string of the molecule is CN(C)C(=O)C(N)CC(C)(C)C. The molecule has 0 fully saturated rings. The quantitative estimate of drug-likeness (QED) is 0.671. The number of nitrogens with two attached hydrogens (primary N) is 1. The van der Waals surface area contributed by atoms with Gasteiger partial charge in [-0.2, -0.15) is 0 Å². The molecular formula is C9H20N2O. The fourth-order valence-corrected chi connectivity index (χ4v) is 1.08. The van der Waals surface area contributed by atoms with Gasteiger partial charge in [-0.15, -0.1) is 0 Å². The van der Waals surface area contributed by atoms with Gasteiger partial charge in [0, 0.05) is 14.1 Å². The third-order valence-corrected chi connectivity index (χ3v) is 1.59. The summed E-state index contributed by atoms with van der Waals surface area (Å²) < 4.78 is 0. The topological polar surface area (TPSA) is 46.3 Å². The molecule has 3 nitrogen and oxygen atoms in total. The van der Waals surface area contributed by atoms with Crippen molar-refractivity contribution >= 4 is 5.91 Å². The maximum atomic E-state index is 11.3. The largest absolute Gasteiger partial charge is 0.347 e. The number of hydrogen-bond donors (Lipinski definition) is 1. The van der Waals surface area contributed by atoms with Gasteiger partial charge in [0.25, 0.3) is 0 Å². The molecule has 0 bridgehead atoms. The first-order valence-electron chi connectivity index (χ1n) is 4.21. The lowest BCUT2D eigenvalue weighted by Crippen LogP contribution is -2.41. The molecule has 0 aliphatic heterocycles.